The number of benzene rings is 1. The minimum Gasteiger partial charge on any atom is -0.494 e. The highest BCUT2D eigenvalue weighted by Crippen LogP contribution is 2.29. The van der Waals surface area contributed by atoms with Crippen molar-refractivity contribution < 1.29 is 27.4 Å². The van der Waals surface area contributed by atoms with Gasteiger partial charge in [-0.05, 0) is 24.5 Å². The molecule has 1 saturated heterocycles. The topological polar surface area (TPSA) is 83.9 Å². The van der Waals surface area contributed by atoms with E-state index in [9.17, 15) is 17.6 Å². The summed E-state index contributed by atoms with van der Waals surface area (Å²) in [5, 5.41) is 9.14. The second-order valence-electron chi connectivity index (χ2n) is 5.49. The number of methoxy groups -OCH3 is 1. The monoisotopic (exact) mass is 331 g/mol. The maximum Gasteiger partial charge on any atom is 0.307 e. The second-order valence-corrected chi connectivity index (χ2v) is 7.43. The first kappa shape index (κ1) is 16.7. The third-order valence-electron chi connectivity index (χ3n) is 3.74. The largest absolute Gasteiger partial charge is 0.494 e. The summed E-state index contributed by atoms with van der Waals surface area (Å²) in [6.45, 7) is 1.97. The van der Waals surface area contributed by atoms with Gasteiger partial charge in [-0.2, -0.15) is 4.31 Å². The minimum atomic E-state index is -3.89. The van der Waals surface area contributed by atoms with Crippen LogP contribution in [0.1, 0.15) is 13.3 Å². The lowest BCUT2D eigenvalue weighted by molar-refractivity contribution is -0.143. The number of nitrogens with zero attached hydrogens (tertiary/aromatic N) is 1. The van der Waals surface area contributed by atoms with Gasteiger partial charge >= 0.3 is 5.97 Å². The van der Waals surface area contributed by atoms with E-state index in [1.165, 1.54) is 7.11 Å². The Morgan fingerprint density at radius 2 is 2.09 bits per heavy atom. The van der Waals surface area contributed by atoms with Crippen LogP contribution >= 0.6 is 0 Å². The van der Waals surface area contributed by atoms with Gasteiger partial charge < -0.3 is 9.84 Å². The number of rotatable bonds is 4. The van der Waals surface area contributed by atoms with Gasteiger partial charge in [0, 0.05) is 19.2 Å². The molecule has 1 heterocycles. The average molecular weight is 331 g/mol. The number of sulfonamides is 1. The molecule has 1 fully saturated rings. The van der Waals surface area contributed by atoms with Crippen LogP contribution in [0.2, 0.25) is 0 Å². The molecule has 1 aliphatic heterocycles. The van der Waals surface area contributed by atoms with E-state index in [2.05, 4.69) is 0 Å². The van der Waals surface area contributed by atoms with Crippen LogP contribution in [0, 0.1) is 17.7 Å². The van der Waals surface area contributed by atoms with Gasteiger partial charge in [-0.25, -0.2) is 12.8 Å². The van der Waals surface area contributed by atoms with Crippen LogP contribution < -0.4 is 4.74 Å². The molecule has 0 amide bonds. The van der Waals surface area contributed by atoms with Crippen molar-refractivity contribution >= 4 is 16.0 Å². The van der Waals surface area contributed by atoms with Crippen LogP contribution in [0.15, 0.2) is 23.1 Å². The summed E-state index contributed by atoms with van der Waals surface area (Å²) in [4.78, 5) is 11.1. The third-order valence-corrected chi connectivity index (χ3v) is 5.56. The Kier molecular flexibility index (Phi) is 4.72. The van der Waals surface area contributed by atoms with Gasteiger partial charge in [0.2, 0.25) is 10.0 Å². The van der Waals surface area contributed by atoms with Gasteiger partial charge in [-0.1, -0.05) is 6.92 Å². The first-order valence-corrected chi connectivity index (χ1v) is 8.26. The molecule has 122 valence electrons. The zero-order valence-corrected chi connectivity index (χ0v) is 13.1. The minimum absolute atomic E-state index is 0.0630. The van der Waals surface area contributed by atoms with Gasteiger partial charge in [0.15, 0.2) is 11.6 Å². The Morgan fingerprint density at radius 1 is 1.41 bits per heavy atom. The van der Waals surface area contributed by atoms with Crippen molar-refractivity contribution in [3.8, 4) is 5.75 Å². The number of aliphatic carboxylic acids is 1. The number of carbonyl (C=O) groups is 1. The Morgan fingerprint density at radius 3 is 2.68 bits per heavy atom. The molecule has 1 aliphatic rings. The molecule has 6 nitrogen and oxygen atoms in total. The Balaban J connectivity index is 2.35. The maximum atomic E-state index is 13.4. The second kappa shape index (κ2) is 6.21. The fourth-order valence-corrected chi connectivity index (χ4v) is 4.25. The van der Waals surface area contributed by atoms with Crippen LogP contribution in [0.25, 0.3) is 0 Å². The molecule has 0 saturated carbocycles. The third kappa shape index (κ3) is 3.22. The quantitative estimate of drug-likeness (QED) is 0.905. The van der Waals surface area contributed by atoms with Crippen molar-refractivity contribution in [2.45, 2.75) is 18.2 Å². The van der Waals surface area contributed by atoms with Gasteiger partial charge in [0.05, 0.1) is 17.9 Å². The number of carboxylic acid groups (broad SMARTS) is 1. The Hall–Kier alpha value is -1.67. The summed E-state index contributed by atoms with van der Waals surface area (Å²) in [7, 11) is -2.64. The van der Waals surface area contributed by atoms with Crippen molar-refractivity contribution in [3.63, 3.8) is 0 Å². The molecule has 0 spiro atoms. The normalized spacial score (nSPS) is 23.2. The van der Waals surface area contributed by atoms with E-state index in [1.54, 1.807) is 0 Å². The van der Waals surface area contributed by atoms with Gasteiger partial charge in [0.1, 0.15) is 0 Å². The molecule has 0 radical (unpaired) electrons. The zero-order chi connectivity index (χ0) is 16.5. The molecule has 0 aliphatic carbocycles. The highest BCUT2D eigenvalue weighted by molar-refractivity contribution is 7.89. The SMILES string of the molecule is COc1cc(S(=O)(=O)N2CC(C)CC(C(=O)O)C2)ccc1F. The van der Waals surface area contributed by atoms with E-state index in [1.807, 2.05) is 6.92 Å². The van der Waals surface area contributed by atoms with E-state index in [4.69, 9.17) is 9.84 Å². The summed E-state index contributed by atoms with van der Waals surface area (Å²) < 4.78 is 44.6. The predicted octanol–water partition coefficient (Wildman–Crippen LogP) is 1.57. The highest BCUT2D eigenvalue weighted by atomic mass is 32.2. The number of piperidine rings is 1. The van der Waals surface area contributed by atoms with Crippen molar-refractivity contribution in [1.29, 1.82) is 0 Å². The fraction of sp³-hybridized carbons (Fsp3) is 0.500. The molecular formula is C14H18FNO5S. The summed E-state index contributed by atoms with van der Waals surface area (Å²) >= 11 is 0. The lowest BCUT2D eigenvalue weighted by atomic mass is 9.92. The highest BCUT2D eigenvalue weighted by Gasteiger charge is 2.36. The average Bonchev–Trinajstić information content (AvgIpc) is 2.46. The first-order valence-electron chi connectivity index (χ1n) is 6.82. The van der Waals surface area contributed by atoms with Gasteiger partial charge in [-0.3, -0.25) is 4.79 Å². The molecule has 1 N–H and O–H groups in total. The summed E-state index contributed by atoms with van der Waals surface area (Å²) in [6, 6.07) is 3.29. The number of ether oxygens (including phenoxy) is 1. The van der Waals surface area contributed by atoms with Crippen LogP contribution in [-0.4, -0.2) is 44.0 Å². The fourth-order valence-electron chi connectivity index (χ4n) is 2.63. The zero-order valence-electron chi connectivity index (χ0n) is 12.3. The molecule has 0 aromatic heterocycles. The van der Waals surface area contributed by atoms with E-state index >= 15 is 0 Å². The summed E-state index contributed by atoms with van der Waals surface area (Å²) in [6.07, 6.45) is 0.439. The van der Waals surface area contributed by atoms with Crippen LogP contribution in [-0.2, 0) is 14.8 Å². The van der Waals surface area contributed by atoms with E-state index < -0.39 is 27.7 Å². The van der Waals surface area contributed by atoms with Crippen molar-refractivity contribution in [2.75, 3.05) is 20.2 Å². The number of carboxylic acids is 1. The van der Waals surface area contributed by atoms with Gasteiger partial charge in [0.25, 0.3) is 0 Å². The van der Waals surface area contributed by atoms with E-state index in [0.29, 0.717) is 6.42 Å². The maximum absolute atomic E-state index is 13.4. The molecule has 0 bridgehead atoms. The number of halogens is 1. The molecule has 1 aromatic carbocycles. The summed E-state index contributed by atoms with van der Waals surface area (Å²) in [5.41, 5.74) is 0. The lowest BCUT2D eigenvalue weighted by Crippen LogP contribution is -2.45. The van der Waals surface area contributed by atoms with Crippen molar-refractivity contribution in [3.05, 3.63) is 24.0 Å². The smallest absolute Gasteiger partial charge is 0.307 e. The number of hydrogen-bond acceptors (Lipinski definition) is 4. The van der Waals surface area contributed by atoms with Crippen LogP contribution in [0.4, 0.5) is 4.39 Å². The molecule has 1 aromatic rings. The number of hydrogen-bond donors (Lipinski definition) is 1. The Labute approximate surface area is 128 Å². The van der Waals surface area contributed by atoms with Crippen LogP contribution in [0.3, 0.4) is 0 Å². The van der Waals surface area contributed by atoms with Gasteiger partial charge in [-0.15, -0.1) is 0 Å². The van der Waals surface area contributed by atoms with E-state index in [-0.39, 0.29) is 29.7 Å². The molecule has 2 atom stereocenters. The predicted molar refractivity (Wildman–Crippen MR) is 76.6 cm³/mol. The van der Waals surface area contributed by atoms with Crippen molar-refractivity contribution in [1.82, 2.24) is 4.31 Å². The molecular weight excluding hydrogens is 313 g/mol. The van der Waals surface area contributed by atoms with Crippen molar-refractivity contribution in [2.24, 2.45) is 11.8 Å². The molecule has 8 heteroatoms. The first-order chi connectivity index (χ1) is 10.3. The molecule has 22 heavy (non-hydrogen) atoms. The molecule has 2 rings (SSSR count). The standard InChI is InChI=1S/C14H18FNO5S/c1-9-5-10(14(17)18)8-16(7-9)22(19,20)11-3-4-12(15)13(6-11)21-2/h3-4,6,9-10H,5,7-8H2,1-2H3,(H,17,18). The summed E-state index contributed by atoms with van der Waals surface area (Å²) in [5.74, 6) is -2.63. The molecule has 2 unspecified atom stereocenters. The lowest BCUT2D eigenvalue weighted by Gasteiger charge is -2.33. The van der Waals surface area contributed by atoms with E-state index in [0.717, 1.165) is 22.5 Å². The van der Waals surface area contributed by atoms with Crippen LogP contribution in [0.5, 0.6) is 5.75 Å². The Bertz CT molecular complexity index is 676.